The largest absolute Gasteiger partial charge is 0.298 e. The summed E-state index contributed by atoms with van der Waals surface area (Å²) >= 11 is 0. The van der Waals surface area contributed by atoms with Crippen molar-refractivity contribution in [2.45, 2.75) is 64.8 Å². The summed E-state index contributed by atoms with van der Waals surface area (Å²) in [7, 11) is 0. The van der Waals surface area contributed by atoms with Crippen LogP contribution in [-0.2, 0) is 14.4 Å². The Bertz CT molecular complexity index is 428. The highest BCUT2D eigenvalue weighted by atomic mass is 16.2. The van der Waals surface area contributed by atoms with E-state index in [0.29, 0.717) is 25.3 Å². The van der Waals surface area contributed by atoms with Crippen molar-refractivity contribution in [3.63, 3.8) is 0 Å². The van der Waals surface area contributed by atoms with E-state index in [9.17, 15) is 14.4 Å². The first kappa shape index (κ1) is 17.1. The van der Waals surface area contributed by atoms with Crippen LogP contribution in [0.3, 0.4) is 0 Å². The minimum absolute atomic E-state index is 0.0272. The van der Waals surface area contributed by atoms with Crippen LogP contribution in [0.5, 0.6) is 0 Å². The average molecular weight is 308 g/mol. The van der Waals surface area contributed by atoms with Gasteiger partial charge in [0.25, 0.3) is 0 Å². The maximum atomic E-state index is 12.4. The van der Waals surface area contributed by atoms with Crippen molar-refractivity contribution in [1.29, 1.82) is 0 Å². The number of ketones is 1. The Hall–Kier alpha value is -1.23. The summed E-state index contributed by atoms with van der Waals surface area (Å²) in [6.45, 7) is 5.23. The normalized spacial score (nSPS) is 28.2. The van der Waals surface area contributed by atoms with Gasteiger partial charge in [0.2, 0.25) is 11.8 Å². The third kappa shape index (κ3) is 4.38. The summed E-state index contributed by atoms with van der Waals surface area (Å²) in [5, 5.41) is 2.60. The predicted octanol–water partition coefficient (Wildman–Crippen LogP) is 1.90. The number of hydrogen-bond acceptors (Lipinski definition) is 4. The molecule has 5 nitrogen and oxygen atoms in total. The molecule has 0 spiro atoms. The molecule has 1 N–H and O–H groups in total. The number of piperidine rings is 1. The van der Waals surface area contributed by atoms with E-state index in [1.807, 2.05) is 11.8 Å². The van der Waals surface area contributed by atoms with Gasteiger partial charge in [0.05, 0.1) is 12.6 Å². The Labute approximate surface area is 132 Å². The summed E-state index contributed by atoms with van der Waals surface area (Å²) in [4.78, 5) is 38.2. The number of carbonyl (C=O) groups excluding carboxylic acids is 3. The van der Waals surface area contributed by atoms with Crippen LogP contribution >= 0.6 is 0 Å². The quantitative estimate of drug-likeness (QED) is 0.861. The number of hydrogen-bond donors (Lipinski definition) is 1. The first-order chi connectivity index (χ1) is 10.5. The highest BCUT2D eigenvalue weighted by Gasteiger charge is 2.31. The molecule has 0 bridgehead atoms. The monoisotopic (exact) mass is 308 g/mol. The van der Waals surface area contributed by atoms with E-state index in [1.165, 1.54) is 0 Å². The molecule has 1 saturated carbocycles. The summed E-state index contributed by atoms with van der Waals surface area (Å²) in [5.74, 6) is 0.479. The van der Waals surface area contributed by atoms with Gasteiger partial charge < -0.3 is 0 Å². The van der Waals surface area contributed by atoms with Gasteiger partial charge in [-0.15, -0.1) is 0 Å². The summed E-state index contributed by atoms with van der Waals surface area (Å²) < 4.78 is 0. The zero-order chi connectivity index (χ0) is 16.1. The molecule has 2 amide bonds. The van der Waals surface area contributed by atoms with Crippen LogP contribution in [-0.4, -0.2) is 41.6 Å². The van der Waals surface area contributed by atoms with E-state index >= 15 is 0 Å². The lowest BCUT2D eigenvalue weighted by atomic mass is 9.82. The standard InChI is InChI=1S/C17H28N2O3/c1-3-15(19-10-4-5-14(20)11-19)17(22)18-16(21)13-8-6-12(2)7-9-13/h12-13,15H,3-11H2,1-2H3,(H,18,21,22)/t12?,13?,15-/m0/s1. The van der Waals surface area contributed by atoms with Crippen LogP contribution in [0.4, 0.5) is 0 Å². The molecule has 0 aromatic rings. The molecule has 1 atom stereocenters. The number of amides is 2. The molecule has 1 aliphatic carbocycles. The molecule has 0 aromatic heterocycles. The van der Waals surface area contributed by atoms with Gasteiger partial charge in [-0.2, -0.15) is 0 Å². The molecule has 5 heteroatoms. The van der Waals surface area contributed by atoms with Gasteiger partial charge in [0.1, 0.15) is 5.78 Å². The third-order valence-electron chi connectivity index (χ3n) is 5.04. The van der Waals surface area contributed by atoms with Gasteiger partial charge in [-0.1, -0.05) is 13.8 Å². The molecule has 0 radical (unpaired) electrons. The van der Waals surface area contributed by atoms with Crippen LogP contribution in [0.2, 0.25) is 0 Å². The van der Waals surface area contributed by atoms with Crippen molar-refractivity contribution in [3.05, 3.63) is 0 Å². The van der Waals surface area contributed by atoms with Gasteiger partial charge in [-0.25, -0.2) is 0 Å². The molecule has 0 unspecified atom stereocenters. The zero-order valence-corrected chi connectivity index (χ0v) is 13.8. The Morgan fingerprint density at radius 3 is 2.55 bits per heavy atom. The first-order valence-electron chi connectivity index (χ1n) is 8.61. The number of likely N-dealkylation sites (tertiary alicyclic amines) is 1. The van der Waals surface area contributed by atoms with Crippen molar-refractivity contribution in [2.75, 3.05) is 13.1 Å². The van der Waals surface area contributed by atoms with Crippen LogP contribution < -0.4 is 5.32 Å². The molecule has 1 heterocycles. The molecule has 2 fully saturated rings. The van der Waals surface area contributed by atoms with E-state index in [4.69, 9.17) is 0 Å². The lowest BCUT2D eigenvalue weighted by Crippen LogP contribution is -2.52. The third-order valence-corrected chi connectivity index (χ3v) is 5.04. The number of Topliss-reactive ketones (excluding diaryl/α,β-unsaturated/α-hetero) is 1. The number of nitrogens with zero attached hydrogens (tertiary/aromatic N) is 1. The molecule has 1 aliphatic heterocycles. The van der Waals surface area contributed by atoms with Crippen LogP contribution in [0.15, 0.2) is 0 Å². The summed E-state index contributed by atoms with van der Waals surface area (Å²) in [6.07, 6.45) is 5.89. The second kappa shape index (κ2) is 7.86. The van der Waals surface area contributed by atoms with Crippen molar-refractivity contribution >= 4 is 17.6 Å². The van der Waals surface area contributed by atoms with E-state index in [0.717, 1.165) is 38.6 Å². The number of nitrogens with one attached hydrogen (secondary N) is 1. The van der Waals surface area contributed by atoms with Crippen LogP contribution in [0.1, 0.15) is 58.8 Å². The highest BCUT2D eigenvalue weighted by molar-refractivity contribution is 5.99. The van der Waals surface area contributed by atoms with Gasteiger partial charge in [0.15, 0.2) is 0 Å². The Morgan fingerprint density at radius 1 is 1.27 bits per heavy atom. The number of rotatable bonds is 4. The average Bonchev–Trinajstić information content (AvgIpc) is 2.48. The maximum absolute atomic E-state index is 12.4. The fourth-order valence-corrected chi connectivity index (χ4v) is 3.57. The minimum Gasteiger partial charge on any atom is -0.298 e. The Morgan fingerprint density at radius 2 is 1.95 bits per heavy atom. The molecule has 1 saturated heterocycles. The smallest absolute Gasteiger partial charge is 0.243 e. The van der Waals surface area contributed by atoms with Gasteiger partial charge >= 0.3 is 0 Å². The second-order valence-electron chi connectivity index (χ2n) is 6.85. The molecule has 0 aromatic carbocycles. The molecule has 124 valence electrons. The summed E-state index contributed by atoms with van der Waals surface area (Å²) in [5.41, 5.74) is 0. The second-order valence-corrected chi connectivity index (χ2v) is 6.85. The van der Waals surface area contributed by atoms with Gasteiger partial charge in [-0.05, 0) is 51.0 Å². The van der Waals surface area contributed by atoms with Gasteiger partial charge in [0, 0.05) is 12.3 Å². The van der Waals surface area contributed by atoms with Crippen molar-refractivity contribution in [1.82, 2.24) is 10.2 Å². The fourth-order valence-electron chi connectivity index (χ4n) is 3.57. The number of carbonyl (C=O) groups is 3. The highest BCUT2D eigenvalue weighted by Crippen LogP contribution is 2.28. The maximum Gasteiger partial charge on any atom is 0.243 e. The molecule has 22 heavy (non-hydrogen) atoms. The van der Waals surface area contributed by atoms with Crippen LogP contribution in [0, 0.1) is 11.8 Å². The molecular weight excluding hydrogens is 280 g/mol. The van der Waals surface area contributed by atoms with E-state index in [2.05, 4.69) is 12.2 Å². The van der Waals surface area contributed by atoms with Gasteiger partial charge in [-0.3, -0.25) is 24.6 Å². The first-order valence-corrected chi connectivity index (χ1v) is 8.61. The van der Waals surface area contributed by atoms with Crippen molar-refractivity contribution in [3.8, 4) is 0 Å². The topological polar surface area (TPSA) is 66.5 Å². The summed E-state index contributed by atoms with van der Waals surface area (Å²) in [6, 6.07) is -0.365. The van der Waals surface area contributed by atoms with Crippen molar-refractivity contribution < 1.29 is 14.4 Å². The molecular formula is C17H28N2O3. The number of imide groups is 1. The van der Waals surface area contributed by atoms with E-state index < -0.39 is 0 Å². The Balaban J connectivity index is 1.88. The lowest BCUT2D eigenvalue weighted by Gasteiger charge is -2.32. The van der Waals surface area contributed by atoms with Crippen molar-refractivity contribution in [2.24, 2.45) is 11.8 Å². The fraction of sp³-hybridized carbons (Fsp3) is 0.824. The zero-order valence-electron chi connectivity index (χ0n) is 13.8. The van der Waals surface area contributed by atoms with E-state index in [-0.39, 0.29) is 29.6 Å². The Kier molecular flexibility index (Phi) is 6.12. The van der Waals surface area contributed by atoms with Crippen LogP contribution in [0.25, 0.3) is 0 Å². The molecule has 2 aliphatic rings. The van der Waals surface area contributed by atoms with E-state index in [1.54, 1.807) is 0 Å². The predicted molar refractivity (Wildman–Crippen MR) is 84.2 cm³/mol. The SMILES string of the molecule is CC[C@@H](C(=O)NC(=O)C1CCC(C)CC1)N1CCCC(=O)C1. The minimum atomic E-state index is -0.365. The lowest BCUT2D eigenvalue weighted by molar-refractivity contribution is -0.137. The molecule has 2 rings (SSSR count).